The molecule has 0 spiro atoms. The van der Waals surface area contributed by atoms with Crippen molar-refractivity contribution in [3.8, 4) is 0 Å². The summed E-state index contributed by atoms with van der Waals surface area (Å²) in [6.45, 7) is 11.5. The quantitative estimate of drug-likeness (QED) is 0.285. The number of ether oxygens (including phenoxy) is 2. The van der Waals surface area contributed by atoms with E-state index in [1.54, 1.807) is 34.9 Å². The lowest BCUT2D eigenvalue weighted by Crippen LogP contribution is -2.59. The highest BCUT2D eigenvalue weighted by atomic mass is 16.6. The first-order chi connectivity index (χ1) is 22.2. The highest BCUT2D eigenvalue weighted by Gasteiger charge is 2.38. The van der Waals surface area contributed by atoms with Gasteiger partial charge in [0.25, 0.3) is 0 Å². The zero-order valence-electron chi connectivity index (χ0n) is 29.2. The van der Waals surface area contributed by atoms with Crippen LogP contribution in [0.15, 0.2) is 60.7 Å². The molecule has 3 atom stereocenters. The van der Waals surface area contributed by atoms with E-state index >= 15 is 0 Å². The number of amides is 3. The number of nitrogens with one attached hydrogen (secondary N) is 1. The van der Waals surface area contributed by atoms with E-state index in [1.165, 1.54) is 9.80 Å². The van der Waals surface area contributed by atoms with Gasteiger partial charge in [-0.2, -0.15) is 0 Å². The second-order valence-electron chi connectivity index (χ2n) is 13.9. The van der Waals surface area contributed by atoms with Crippen LogP contribution >= 0.6 is 0 Å². The van der Waals surface area contributed by atoms with E-state index < -0.39 is 35.8 Å². The Labute approximate surface area is 280 Å². The predicted octanol–water partition coefficient (Wildman–Crippen LogP) is 5.05. The predicted molar refractivity (Wildman–Crippen MR) is 182 cm³/mol. The maximum atomic E-state index is 14.2. The van der Waals surface area contributed by atoms with Crippen LogP contribution < -0.4 is 5.32 Å². The van der Waals surface area contributed by atoms with Crippen LogP contribution in [0, 0.1) is 5.92 Å². The minimum Gasteiger partial charge on any atom is -0.461 e. The summed E-state index contributed by atoms with van der Waals surface area (Å²) in [5.41, 5.74) is 1.01. The molecule has 2 aromatic carbocycles. The zero-order valence-corrected chi connectivity index (χ0v) is 29.2. The number of hydrogen-bond acceptors (Lipinski definition) is 7. The van der Waals surface area contributed by atoms with Gasteiger partial charge in [-0.05, 0) is 63.7 Å². The van der Waals surface area contributed by atoms with Crippen LogP contribution in [0.3, 0.4) is 0 Å². The summed E-state index contributed by atoms with van der Waals surface area (Å²) in [4.78, 5) is 59.4. The minimum absolute atomic E-state index is 0.00949. The largest absolute Gasteiger partial charge is 0.461 e. The van der Waals surface area contributed by atoms with Gasteiger partial charge in [-0.25, -0.2) is 4.79 Å². The van der Waals surface area contributed by atoms with E-state index in [-0.39, 0.29) is 37.2 Å². The van der Waals surface area contributed by atoms with Crippen molar-refractivity contribution < 1.29 is 28.7 Å². The lowest BCUT2D eigenvalue weighted by atomic mass is 9.98. The third-order valence-corrected chi connectivity index (χ3v) is 8.30. The van der Waals surface area contributed by atoms with Crippen LogP contribution in [0.5, 0.6) is 0 Å². The molecule has 10 heteroatoms. The standard InChI is InChI=1S/C37H54N4O6/c1-27(2)33(40(7)35(44)31(23-28-17-11-8-12-18-28)39(6)36(45)47-37(3,4)5)34(43)38-30(25-41-21-15-10-16-22-41)24-32(42)46-26-29-19-13-9-14-20-29/h8-9,11-14,17-20,27,30-31,33H,10,15-16,21-26H2,1-7H3,(H,38,43)/t30?,31?,33-/m0/s1. The van der Waals surface area contributed by atoms with Crippen LogP contribution in [0.25, 0.3) is 0 Å². The van der Waals surface area contributed by atoms with Gasteiger partial charge in [-0.15, -0.1) is 0 Å². The number of nitrogens with zero attached hydrogens (tertiary/aromatic N) is 3. The summed E-state index contributed by atoms with van der Waals surface area (Å²) >= 11 is 0. The average molecular weight is 651 g/mol. The number of likely N-dealkylation sites (N-methyl/N-ethyl adjacent to an activating group) is 2. The maximum Gasteiger partial charge on any atom is 0.410 e. The molecule has 258 valence electrons. The van der Waals surface area contributed by atoms with Crippen LogP contribution in [0.1, 0.15) is 71.4 Å². The van der Waals surface area contributed by atoms with Crippen molar-refractivity contribution in [3.63, 3.8) is 0 Å². The molecule has 3 rings (SSSR count). The number of hydrogen-bond donors (Lipinski definition) is 1. The van der Waals surface area contributed by atoms with Gasteiger partial charge in [0.2, 0.25) is 11.8 Å². The molecule has 0 aromatic heterocycles. The zero-order chi connectivity index (χ0) is 34.6. The van der Waals surface area contributed by atoms with E-state index in [0.29, 0.717) is 6.54 Å². The van der Waals surface area contributed by atoms with E-state index in [1.807, 2.05) is 74.5 Å². The SMILES string of the molecule is CC(C)[C@@H](C(=O)NC(CC(=O)OCc1ccccc1)CN1CCCCC1)N(C)C(=O)C(Cc1ccccc1)N(C)C(=O)OC(C)(C)C. The Morgan fingerprint density at radius 3 is 1.98 bits per heavy atom. The van der Waals surface area contributed by atoms with Crippen molar-refractivity contribution in [2.45, 2.75) is 97.1 Å². The third-order valence-electron chi connectivity index (χ3n) is 8.30. The molecule has 1 aliphatic heterocycles. The fraction of sp³-hybridized carbons (Fsp3) is 0.568. The van der Waals surface area contributed by atoms with E-state index in [2.05, 4.69) is 10.2 Å². The summed E-state index contributed by atoms with van der Waals surface area (Å²) in [6.07, 6.45) is 2.93. The molecular formula is C37H54N4O6. The fourth-order valence-electron chi connectivity index (χ4n) is 5.89. The molecule has 10 nitrogen and oxygen atoms in total. The molecule has 1 fully saturated rings. The molecule has 0 radical (unpaired) electrons. The highest BCUT2D eigenvalue weighted by molar-refractivity contribution is 5.92. The summed E-state index contributed by atoms with van der Waals surface area (Å²) in [6, 6.07) is 16.7. The van der Waals surface area contributed by atoms with Crippen molar-refractivity contribution in [1.29, 1.82) is 0 Å². The molecule has 1 N–H and O–H groups in total. The molecule has 47 heavy (non-hydrogen) atoms. The number of carbonyl (C=O) groups is 4. The van der Waals surface area contributed by atoms with Crippen molar-refractivity contribution in [2.24, 2.45) is 5.92 Å². The first kappa shape index (κ1) is 37.5. The lowest BCUT2D eigenvalue weighted by Gasteiger charge is -2.37. The Hall–Kier alpha value is -3.92. The second kappa shape index (κ2) is 17.8. The summed E-state index contributed by atoms with van der Waals surface area (Å²) < 4.78 is 11.2. The van der Waals surface area contributed by atoms with E-state index in [4.69, 9.17) is 9.47 Å². The number of likely N-dealkylation sites (tertiary alicyclic amines) is 1. The van der Waals surface area contributed by atoms with Crippen molar-refractivity contribution in [2.75, 3.05) is 33.7 Å². The average Bonchev–Trinajstić information content (AvgIpc) is 3.02. The van der Waals surface area contributed by atoms with E-state index in [9.17, 15) is 19.2 Å². The molecular weight excluding hydrogens is 596 g/mol. The molecule has 3 amide bonds. The van der Waals surface area contributed by atoms with Gasteiger partial charge in [0.05, 0.1) is 12.5 Å². The Kier molecular flexibility index (Phi) is 14.3. The highest BCUT2D eigenvalue weighted by Crippen LogP contribution is 2.19. The van der Waals surface area contributed by atoms with Gasteiger partial charge < -0.3 is 24.6 Å². The Balaban J connectivity index is 1.80. The van der Waals surface area contributed by atoms with Gasteiger partial charge in [-0.1, -0.05) is 80.9 Å². The normalized spacial score (nSPS) is 15.7. The Bertz CT molecular complexity index is 1290. The number of carbonyl (C=O) groups excluding carboxylic acids is 4. The number of esters is 1. The molecule has 1 heterocycles. The van der Waals surface area contributed by atoms with Crippen molar-refractivity contribution in [3.05, 3.63) is 71.8 Å². The third kappa shape index (κ3) is 12.3. The molecule has 2 aromatic rings. The summed E-state index contributed by atoms with van der Waals surface area (Å²) in [5, 5.41) is 3.10. The van der Waals surface area contributed by atoms with Gasteiger partial charge in [0.1, 0.15) is 24.3 Å². The van der Waals surface area contributed by atoms with Crippen LogP contribution in [-0.2, 0) is 36.9 Å². The van der Waals surface area contributed by atoms with Crippen molar-refractivity contribution >= 4 is 23.9 Å². The van der Waals surface area contributed by atoms with E-state index in [0.717, 1.165) is 43.5 Å². The topological polar surface area (TPSA) is 108 Å². The molecule has 0 saturated carbocycles. The van der Waals surface area contributed by atoms with Crippen molar-refractivity contribution in [1.82, 2.24) is 20.0 Å². The summed E-state index contributed by atoms with van der Waals surface area (Å²) in [5.74, 6) is -1.39. The van der Waals surface area contributed by atoms with Gasteiger partial charge in [-0.3, -0.25) is 19.3 Å². The molecule has 1 aliphatic rings. The van der Waals surface area contributed by atoms with Gasteiger partial charge in [0.15, 0.2) is 0 Å². The van der Waals surface area contributed by atoms with Gasteiger partial charge >= 0.3 is 12.1 Å². The summed E-state index contributed by atoms with van der Waals surface area (Å²) in [7, 11) is 3.15. The van der Waals surface area contributed by atoms with Crippen LogP contribution in [0.4, 0.5) is 4.79 Å². The Morgan fingerprint density at radius 1 is 0.851 bits per heavy atom. The van der Waals surface area contributed by atoms with Gasteiger partial charge in [0, 0.05) is 27.1 Å². The van der Waals surface area contributed by atoms with Crippen LogP contribution in [0.2, 0.25) is 0 Å². The monoisotopic (exact) mass is 650 g/mol. The number of piperidine rings is 1. The molecule has 1 saturated heterocycles. The minimum atomic E-state index is -0.914. The Morgan fingerprint density at radius 2 is 1.43 bits per heavy atom. The first-order valence-corrected chi connectivity index (χ1v) is 16.7. The molecule has 2 unspecified atom stereocenters. The van der Waals surface area contributed by atoms with Crippen LogP contribution in [-0.4, -0.2) is 96.0 Å². The first-order valence-electron chi connectivity index (χ1n) is 16.7. The molecule has 0 aliphatic carbocycles. The smallest absolute Gasteiger partial charge is 0.410 e. The maximum absolute atomic E-state index is 14.2. The number of rotatable bonds is 14. The lowest BCUT2D eigenvalue weighted by molar-refractivity contribution is -0.147. The molecule has 0 bridgehead atoms. The second-order valence-corrected chi connectivity index (χ2v) is 13.9. The number of benzene rings is 2. The fourth-order valence-corrected chi connectivity index (χ4v) is 5.89.